The zero-order valence-corrected chi connectivity index (χ0v) is 13.5. The Hall–Kier alpha value is -2.49. The van der Waals surface area contributed by atoms with Gasteiger partial charge in [-0.25, -0.2) is 4.99 Å². The van der Waals surface area contributed by atoms with E-state index < -0.39 is 0 Å². The lowest BCUT2D eigenvalue weighted by Gasteiger charge is -2.19. The van der Waals surface area contributed by atoms with Crippen LogP contribution in [0.5, 0.6) is 0 Å². The summed E-state index contributed by atoms with van der Waals surface area (Å²) in [5, 5.41) is 0. The fraction of sp³-hybridized carbons (Fsp3) is 0.278. The smallest absolute Gasteiger partial charge is 0.156 e. The zero-order valence-electron chi connectivity index (χ0n) is 13.5. The van der Waals surface area contributed by atoms with Crippen molar-refractivity contribution in [1.82, 2.24) is 4.98 Å². The van der Waals surface area contributed by atoms with E-state index in [4.69, 9.17) is 5.73 Å². The molecule has 0 fully saturated rings. The third-order valence-corrected chi connectivity index (χ3v) is 3.54. The van der Waals surface area contributed by atoms with Crippen molar-refractivity contribution in [3.8, 4) is 0 Å². The fourth-order valence-electron chi connectivity index (χ4n) is 2.29. The number of allylic oxidation sites excluding steroid dienone is 2. The van der Waals surface area contributed by atoms with Crippen LogP contribution in [0.25, 0.3) is 5.57 Å². The molecule has 4 heteroatoms. The highest BCUT2D eigenvalue weighted by Gasteiger charge is 2.20. The van der Waals surface area contributed by atoms with Crippen molar-refractivity contribution >= 4 is 17.1 Å². The maximum atomic E-state index is 6.25. The Kier molecular flexibility index (Phi) is 4.71. The minimum Gasteiger partial charge on any atom is -0.398 e. The first-order valence-electron chi connectivity index (χ1n) is 7.34. The van der Waals surface area contributed by atoms with E-state index in [9.17, 15) is 0 Å². The van der Waals surface area contributed by atoms with Crippen LogP contribution in [0, 0.1) is 0 Å². The van der Waals surface area contributed by atoms with E-state index in [0.717, 1.165) is 28.2 Å². The lowest BCUT2D eigenvalue weighted by Crippen LogP contribution is -2.22. The van der Waals surface area contributed by atoms with E-state index in [1.807, 2.05) is 39.0 Å². The average molecular weight is 294 g/mol. The molecule has 1 aromatic heterocycles. The molecule has 2 N–H and O–H groups in total. The van der Waals surface area contributed by atoms with E-state index >= 15 is 0 Å². The van der Waals surface area contributed by atoms with Gasteiger partial charge in [0, 0.05) is 41.2 Å². The topological polar surface area (TPSA) is 63.6 Å². The summed E-state index contributed by atoms with van der Waals surface area (Å²) in [6.45, 7) is 14.5. The summed E-state index contributed by atoms with van der Waals surface area (Å²) >= 11 is 0. The first kappa shape index (κ1) is 15.9. The average Bonchev–Trinajstić information content (AvgIpc) is 2.49. The Morgan fingerprint density at radius 1 is 1.36 bits per heavy atom. The summed E-state index contributed by atoms with van der Waals surface area (Å²) in [4.78, 5) is 13.5. The molecule has 0 atom stereocenters. The molecule has 114 valence electrons. The summed E-state index contributed by atoms with van der Waals surface area (Å²) in [7, 11) is 0. The third-order valence-electron chi connectivity index (χ3n) is 3.54. The van der Waals surface area contributed by atoms with Gasteiger partial charge in [0.15, 0.2) is 5.84 Å². The van der Waals surface area contributed by atoms with E-state index in [2.05, 4.69) is 28.1 Å². The molecular weight excluding hydrogens is 272 g/mol. The van der Waals surface area contributed by atoms with Gasteiger partial charge in [-0.1, -0.05) is 19.2 Å². The predicted octanol–water partition coefficient (Wildman–Crippen LogP) is 3.32. The molecule has 0 saturated carbocycles. The SMILES string of the molecule is C=C1C(N)=C(Cc2cccc(C(=C)C)n2)C(C)=N/C1=N/CC. The van der Waals surface area contributed by atoms with Crippen molar-refractivity contribution in [3.63, 3.8) is 0 Å². The van der Waals surface area contributed by atoms with E-state index in [0.29, 0.717) is 30.1 Å². The van der Waals surface area contributed by atoms with Gasteiger partial charge in [0.2, 0.25) is 0 Å². The number of dihydropyridines is 1. The number of pyridine rings is 1. The normalized spacial score (nSPS) is 17.0. The molecule has 0 amide bonds. The van der Waals surface area contributed by atoms with Crippen LogP contribution in [0.4, 0.5) is 0 Å². The van der Waals surface area contributed by atoms with Crippen LogP contribution < -0.4 is 5.73 Å². The monoisotopic (exact) mass is 294 g/mol. The minimum atomic E-state index is 0.626. The van der Waals surface area contributed by atoms with Gasteiger partial charge in [-0.15, -0.1) is 0 Å². The molecular formula is C18H22N4. The molecule has 22 heavy (non-hydrogen) atoms. The maximum absolute atomic E-state index is 6.25. The third kappa shape index (κ3) is 3.22. The highest BCUT2D eigenvalue weighted by atomic mass is 14.9. The van der Waals surface area contributed by atoms with Crippen LogP contribution in [0.15, 0.2) is 58.2 Å². The summed E-state index contributed by atoms with van der Waals surface area (Å²) < 4.78 is 0. The molecule has 0 bridgehead atoms. The summed E-state index contributed by atoms with van der Waals surface area (Å²) in [5.74, 6) is 0.630. The van der Waals surface area contributed by atoms with Gasteiger partial charge in [0.05, 0.1) is 5.69 Å². The number of aromatic nitrogens is 1. The number of amidine groups is 1. The summed E-state index contributed by atoms with van der Waals surface area (Å²) in [5.41, 5.74) is 12.2. The van der Waals surface area contributed by atoms with Crippen molar-refractivity contribution in [2.75, 3.05) is 6.54 Å². The number of hydrogen-bond acceptors (Lipinski definition) is 3. The van der Waals surface area contributed by atoms with E-state index in [-0.39, 0.29) is 0 Å². The molecule has 0 saturated heterocycles. The Bertz CT molecular complexity index is 720. The van der Waals surface area contributed by atoms with Crippen LogP contribution in [-0.4, -0.2) is 23.1 Å². The molecule has 0 unspecified atom stereocenters. The van der Waals surface area contributed by atoms with Crippen LogP contribution in [-0.2, 0) is 6.42 Å². The number of hydrogen-bond donors (Lipinski definition) is 1. The molecule has 1 aliphatic rings. The highest BCUT2D eigenvalue weighted by molar-refractivity contribution is 6.17. The first-order valence-corrected chi connectivity index (χ1v) is 7.34. The number of aliphatic imine (C=N–C) groups is 2. The number of nitrogens with zero attached hydrogens (tertiary/aromatic N) is 3. The zero-order chi connectivity index (χ0) is 16.3. The van der Waals surface area contributed by atoms with Crippen LogP contribution >= 0.6 is 0 Å². The molecule has 0 aromatic carbocycles. The molecule has 0 spiro atoms. The quantitative estimate of drug-likeness (QED) is 0.925. The molecule has 2 heterocycles. The lowest BCUT2D eigenvalue weighted by atomic mass is 9.96. The van der Waals surface area contributed by atoms with Gasteiger partial charge in [-0.2, -0.15) is 0 Å². The van der Waals surface area contributed by atoms with E-state index in [1.54, 1.807) is 0 Å². The second-order valence-electron chi connectivity index (χ2n) is 5.34. The number of nitrogens with two attached hydrogens (primary N) is 1. The Morgan fingerprint density at radius 3 is 2.73 bits per heavy atom. The van der Waals surface area contributed by atoms with Crippen LogP contribution in [0.1, 0.15) is 32.2 Å². The van der Waals surface area contributed by atoms with Crippen LogP contribution in [0.3, 0.4) is 0 Å². The lowest BCUT2D eigenvalue weighted by molar-refractivity contribution is 1.04. The Balaban J connectivity index is 2.35. The second kappa shape index (κ2) is 6.52. The minimum absolute atomic E-state index is 0.626. The highest BCUT2D eigenvalue weighted by Crippen LogP contribution is 2.22. The molecule has 2 rings (SSSR count). The first-order chi connectivity index (χ1) is 10.4. The second-order valence-corrected chi connectivity index (χ2v) is 5.34. The molecule has 0 radical (unpaired) electrons. The summed E-state index contributed by atoms with van der Waals surface area (Å²) in [6.07, 6.45) is 0.626. The van der Waals surface area contributed by atoms with Crippen molar-refractivity contribution < 1.29 is 0 Å². The fourth-order valence-corrected chi connectivity index (χ4v) is 2.29. The van der Waals surface area contributed by atoms with Crippen molar-refractivity contribution in [2.45, 2.75) is 27.2 Å². The van der Waals surface area contributed by atoms with Crippen molar-refractivity contribution in [1.29, 1.82) is 0 Å². The largest absolute Gasteiger partial charge is 0.398 e. The van der Waals surface area contributed by atoms with Gasteiger partial charge in [0.25, 0.3) is 0 Å². The van der Waals surface area contributed by atoms with Gasteiger partial charge in [-0.05, 0) is 38.5 Å². The van der Waals surface area contributed by atoms with Gasteiger partial charge in [0.1, 0.15) is 0 Å². The molecule has 1 aliphatic heterocycles. The van der Waals surface area contributed by atoms with Crippen molar-refractivity contribution in [2.24, 2.45) is 15.7 Å². The number of rotatable bonds is 4. The van der Waals surface area contributed by atoms with Gasteiger partial charge in [-0.3, -0.25) is 9.98 Å². The molecule has 0 aliphatic carbocycles. The predicted molar refractivity (Wildman–Crippen MR) is 94.1 cm³/mol. The summed E-state index contributed by atoms with van der Waals surface area (Å²) in [6, 6.07) is 5.92. The molecule has 4 nitrogen and oxygen atoms in total. The van der Waals surface area contributed by atoms with Gasteiger partial charge >= 0.3 is 0 Å². The maximum Gasteiger partial charge on any atom is 0.156 e. The standard InChI is InChI=1S/C18H22N4/c1-6-20-18-12(4)17(19)15(13(5)21-18)10-14-8-7-9-16(22-14)11(2)3/h7-9H,2,4,6,10,19H2,1,3,5H3/b20-18+. The molecule has 1 aromatic rings. The van der Waals surface area contributed by atoms with Gasteiger partial charge < -0.3 is 5.73 Å². The van der Waals surface area contributed by atoms with E-state index in [1.165, 1.54) is 0 Å². The van der Waals surface area contributed by atoms with Crippen LogP contribution in [0.2, 0.25) is 0 Å². The Morgan fingerprint density at radius 2 is 2.09 bits per heavy atom. The van der Waals surface area contributed by atoms with Crippen molar-refractivity contribution in [3.05, 3.63) is 59.6 Å². The Labute approximate surface area is 131 Å².